The van der Waals surface area contributed by atoms with Crippen LogP contribution in [-0.4, -0.2) is 115 Å². The second-order valence-corrected chi connectivity index (χ2v) is 16.5. The average molecular weight is 948 g/mol. The van der Waals surface area contributed by atoms with Gasteiger partial charge in [-0.05, 0) is 78.1 Å². The Hall–Kier alpha value is -8.23. The first kappa shape index (κ1) is 51.7. The highest BCUT2D eigenvalue weighted by Gasteiger charge is 2.40. The number of primary amides is 2. The molecule has 0 saturated carbocycles. The summed E-state index contributed by atoms with van der Waals surface area (Å²) in [6.45, 7) is -0.0799. The molecular weight excluding hydrogens is 887 g/mol. The van der Waals surface area contributed by atoms with E-state index in [9.17, 15) is 33.6 Å². The lowest BCUT2D eigenvalue weighted by Gasteiger charge is -2.31. The SMILES string of the molecule is NC(=O)C[C@H](NC(=O)[C@H](CCCN=C(N)N)NC(=O)[C@@H]1CCCN1C(=O)[C@H](CCCN=C(N)N)NC(=O)[C@H](Cc1ccc(-c2ccccc2)cc1)NC(=O)COc1ccc2ccccc2c1)C(N)=O. The van der Waals surface area contributed by atoms with Crippen LogP contribution in [0.5, 0.6) is 5.75 Å². The maximum absolute atomic E-state index is 14.6. The van der Waals surface area contributed by atoms with Gasteiger partial charge in [-0.3, -0.25) is 43.5 Å². The van der Waals surface area contributed by atoms with Crippen molar-refractivity contribution < 1.29 is 38.3 Å². The number of amides is 7. The van der Waals surface area contributed by atoms with E-state index < -0.39 is 84.6 Å². The van der Waals surface area contributed by atoms with E-state index in [1.807, 2.05) is 91.0 Å². The second-order valence-electron chi connectivity index (χ2n) is 16.5. The fourth-order valence-electron chi connectivity index (χ4n) is 7.82. The van der Waals surface area contributed by atoms with Crippen molar-refractivity contribution in [3.8, 4) is 16.9 Å². The van der Waals surface area contributed by atoms with E-state index in [0.717, 1.165) is 21.9 Å². The molecule has 1 fully saturated rings. The number of rotatable bonds is 25. The number of nitrogens with zero attached hydrogens (tertiary/aromatic N) is 3. The van der Waals surface area contributed by atoms with Crippen molar-refractivity contribution in [1.82, 2.24) is 26.2 Å². The van der Waals surface area contributed by atoms with Crippen molar-refractivity contribution in [2.45, 2.75) is 81.6 Å². The summed E-state index contributed by atoms with van der Waals surface area (Å²) in [5.41, 5.74) is 35.3. The summed E-state index contributed by atoms with van der Waals surface area (Å²) in [6.07, 6.45) is 0.516. The summed E-state index contributed by atoms with van der Waals surface area (Å²) < 4.78 is 5.85. The minimum absolute atomic E-state index is 0.0179. The number of aliphatic imine (C=N–C) groups is 2. The fraction of sp³-hybridized carbons (Fsp3) is 0.354. The van der Waals surface area contributed by atoms with Crippen LogP contribution in [0.15, 0.2) is 107 Å². The molecular formula is C48H61N13O8. The molecule has 0 unspecified atom stereocenters. The molecule has 5 atom stereocenters. The molecule has 0 spiro atoms. The van der Waals surface area contributed by atoms with Crippen molar-refractivity contribution in [1.29, 1.82) is 0 Å². The van der Waals surface area contributed by atoms with Crippen LogP contribution in [0.4, 0.5) is 0 Å². The molecule has 21 heteroatoms. The van der Waals surface area contributed by atoms with Gasteiger partial charge in [0.15, 0.2) is 18.5 Å². The normalized spacial score (nSPS) is 14.8. The van der Waals surface area contributed by atoms with Crippen LogP contribution < -0.4 is 60.4 Å². The lowest BCUT2D eigenvalue weighted by atomic mass is 9.99. The first-order chi connectivity index (χ1) is 33.1. The molecule has 1 aliphatic heterocycles. The smallest absolute Gasteiger partial charge is 0.258 e. The zero-order valence-corrected chi connectivity index (χ0v) is 38.2. The molecule has 69 heavy (non-hydrogen) atoms. The van der Waals surface area contributed by atoms with E-state index in [1.54, 1.807) is 6.07 Å². The van der Waals surface area contributed by atoms with Crippen LogP contribution in [0.2, 0.25) is 0 Å². The number of nitrogens with two attached hydrogens (primary N) is 6. The quantitative estimate of drug-likeness (QED) is 0.0229. The summed E-state index contributed by atoms with van der Waals surface area (Å²) in [5, 5.41) is 12.6. The Balaban J connectivity index is 1.36. The van der Waals surface area contributed by atoms with E-state index in [1.165, 1.54) is 4.90 Å². The molecule has 366 valence electrons. The summed E-state index contributed by atoms with van der Waals surface area (Å²) in [4.78, 5) is 103. The Labute approximate surface area is 399 Å². The number of nitrogens with one attached hydrogen (secondary N) is 4. The van der Waals surface area contributed by atoms with E-state index in [-0.39, 0.29) is 70.1 Å². The number of benzene rings is 4. The van der Waals surface area contributed by atoms with Gasteiger partial charge >= 0.3 is 0 Å². The highest BCUT2D eigenvalue weighted by molar-refractivity contribution is 5.97. The van der Waals surface area contributed by atoms with Crippen molar-refractivity contribution in [3.63, 3.8) is 0 Å². The van der Waals surface area contributed by atoms with Crippen molar-refractivity contribution in [2.24, 2.45) is 44.4 Å². The van der Waals surface area contributed by atoms with Crippen LogP contribution in [0.1, 0.15) is 50.5 Å². The summed E-state index contributed by atoms with van der Waals surface area (Å²) >= 11 is 0. The molecule has 21 nitrogen and oxygen atoms in total. The molecule has 4 aromatic rings. The predicted molar refractivity (Wildman–Crippen MR) is 260 cm³/mol. The topological polar surface area (TPSA) is 361 Å². The standard InChI is InChI=1S/C48H61N13O8/c49-40(62)27-37(42(50)64)60-43(65)35(13-6-22-55-47(51)52)58-45(67)39-15-8-24-61(39)46(68)36(14-7-23-56-48(53)54)59-44(66)38(25-29-16-18-32(19-17-29)30-9-2-1-3-10-30)57-41(63)28-69-34-21-20-31-11-4-5-12-33(31)26-34/h1-5,9-12,16-21,26,35-39H,6-8,13-15,22-25,27-28H2,(H2,49,62)(H2,50,64)(H,57,63)(H,58,67)(H,59,66)(H,60,65)(H4,51,52,55)(H4,53,54,56)/t35-,36-,37-,38-,39-/m0/s1. The molecule has 0 aromatic heterocycles. The molecule has 1 heterocycles. The number of guanidine groups is 2. The van der Waals surface area contributed by atoms with Crippen LogP contribution in [0.3, 0.4) is 0 Å². The Kier molecular flexibility index (Phi) is 19.2. The Morgan fingerprint density at radius 3 is 1.87 bits per heavy atom. The molecule has 16 N–H and O–H groups in total. The van der Waals surface area contributed by atoms with Gasteiger partial charge < -0.3 is 65.3 Å². The summed E-state index contributed by atoms with van der Waals surface area (Å²) in [6, 6.07) is 24.1. The maximum Gasteiger partial charge on any atom is 0.258 e. The van der Waals surface area contributed by atoms with Gasteiger partial charge in [0.25, 0.3) is 5.91 Å². The Morgan fingerprint density at radius 1 is 0.638 bits per heavy atom. The number of hydrogen-bond acceptors (Lipinski definition) is 10. The Bertz CT molecular complexity index is 2500. The zero-order chi connectivity index (χ0) is 49.9. The van der Waals surface area contributed by atoms with E-state index in [0.29, 0.717) is 17.7 Å². The minimum Gasteiger partial charge on any atom is -0.484 e. The lowest BCUT2D eigenvalue weighted by molar-refractivity contribution is -0.142. The molecule has 5 rings (SSSR count). The first-order valence-electron chi connectivity index (χ1n) is 22.5. The Morgan fingerprint density at radius 2 is 1.23 bits per heavy atom. The molecule has 0 aliphatic carbocycles. The average Bonchev–Trinajstić information content (AvgIpc) is 3.83. The largest absolute Gasteiger partial charge is 0.484 e. The molecule has 7 amide bonds. The van der Waals surface area contributed by atoms with Gasteiger partial charge in [-0.25, -0.2) is 0 Å². The molecule has 0 bridgehead atoms. The molecule has 1 saturated heterocycles. The van der Waals surface area contributed by atoms with E-state index >= 15 is 0 Å². The van der Waals surface area contributed by atoms with Gasteiger partial charge in [0.05, 0.1) is 6.42 Å². The monoisotopic (exact) mass is 947 g/mol. The van der Waals surface area contributed by atoms with Crippen LogP contribution >= 0.6 is 0 Å². The zero-order valence-electron chi connectivity index (χ0n) is 38.2. The van der Waals surface area contributed by atoms with Crippen molar-refractivity contribution >= 4 is 64.0 Å². The van der Waals surface area contributed by atoms with E-state index in [4.69, 9.17) is 39.1 Å². The summed E-state index contributed by atoms with van der Waals surface area (Å²) in [7, 11) is 0. The minimum atomic E-state index is -1.46. The third kappa shape index (κ3) is 16.3. The van der Waals surface area contributed by atoms with Gasteiger partial charge in [0.1, 0.15) is 36.0 Å². The molecule has 4 aromatic carbocycles. The number of fused-ring (bicyclic) bond motifs is 1. The highest BCUT2D eigenvalue weighted by Crippen LogP contribution is 2.23. The maximum atomic E-state index is 14.6. The second kappa shape index (κ2) is 25.6. The number of ether oxygens (including phenoxy) is 1. The van der Waals surface area contributed by atoms with Crippen LogP contribution in [-0.2, 0) is 40.0 Å². The molecule has 1 aliphatic rings. The molecule has 0 radical (unpaired) electrons. The van der Waals surface area contributed by atoms with Crippen LogP contribution in [0.25, 0.3) is 21.9 Å². The third-order valence-corrected chi connectivity index (χ3v) is 11.3. The number of carbonyl (C=O) groups excluding carboxylic acids is 7. The van der Waals surface area contributed by atoms with Gasteiger partial charge in [-0.1, -0.05) is 84.9 Å². The van der Waals surface area contributed by atoms with Gasteiger partial charge in [0, 0.05) is 26.1 Å². The van der Waals surface area contributed by atoms with Crippen molar-refractivity contribution in [2.75, 3.05) is 26.2 Å². The van der Waals surface area contributed by atoms with E-state index in [2.05, 4.69) is 31.3 Å². The van der Waals surface area contributed by atoms with Crippen LogP contribution in [0, 0.1) is 0 Å². The summed E-state index contributed by atoms with van der Waals surface area (Å²) in [5.74, 6) is -5.25. The van der Waals surface area contributed by atoms with Gasteiger partial charge in [-0.2, -0.15) is 0 Å². The third-order valence-electron chi connectivity index (χ3n) is 11.3. The number of hydrogen-bond donors (Lipinski definition) is 10. The number of carbonyl (C=O) groups is 7. The van der Waals surface area contributed by atoms with Gasteiger partial charge in [0.2, 0.25) is 35.4 Å². The number of likely N-dealkylation sites (tertiary alicyclic amines) is 1. The predicted octanol–water partition coefficient (Wildman–Crippen LogP) is -0.474. The lowest BCUT2D eigenvalue weighted by Crippen LogP contribution is -2.59. The fourth-order valence-corrected chi connectivity index (χ4v) is 7.82. The van der Waals surface area contributed by atoms with Crippen molar-refractivity contribution in [3.05, 3.63) is 103 Å². The van der Waals surface area contributed by atoms with Gasteiger partial charge in [-0.15, -0.1) is 0 Å². The highest BCUT2D eigenvalue weighted by atomic mass is 16.5. The first-order valence-corrected chi connectivity index (χ1v) is 22.5.